The first kappa shape index (κ1) is 28.2. The molecule has 6 rings (SSSR count). The molecule has 3 aliphatic heterocycles. The number of halogens is 1. The van der Waals surface area contributed by atoms with Crippen LogP contribution in [0.15, 0.2) is 30.3 Å². The lowest BCUT2D eigenvalue weighted by molar-refractivity contribution is -0.121. The van der Waals surface area contributed by atoms with Gasteiger partial charge in [0.1, 0.15) is 11.6 Å². The van der Waals surface area contributed by atoms with Crippen molar-refractivity contribution in [2.24, 2.45) is 0 Å². The maximum Gasteiger partial charge on any atom is 0.241 e. The molecule has 0 spiro atoms. The highest BCUT2D eigenvalue weighted by atomic mass is 19.1. The predicted octanol–water partition coefficient (Wildman–Crippen LogP) is 2.77. The van der Waals surface area contributed by atoms with Crippen molar-refractivity contribution < 1.29 is 13.9 Å². The fourth-order valence-electron chi connectivity index (χ4n) is 6.80. The SMILES string of the molecule is Cc1nnc2c(Cc3ccc(F)cc3)cc3c(n12)C(C)(C)CN3C(=O)CN1C[C@@H](C)NC[C@@H]1CN1CCOC[C@H]1C. The Morgan fingerprint density at radius 3 is 2.71 bits per heavy atom. The number of benzene rings is 1. The number of morpholine rings is 1. The lowest BCUT2D eigenvalue weighted by atomic mass is 9.90. The fourth-order valence-corrected chi connectivity index (χ4v) is 6.80. The van der Waals surface area contributed by atoms with Crippen molar-refractivity contribution in [1.82, 2.24) is 29.7 Å². The quantitative estimate of drug-likeness (QED) is 0.494. The molecule has 1 amide bonds. The third kappa shape index (κ3) is 5.50. The Morgan fingerprint density at radius 2 is 1.95 bits per heavy atom. The van der Waals surface area contributed by atoms with Crippen LogP contribution in [0.5, 0.6) is 0 Å². The van der Waals surface area contributed by atoms with Crippen LogP contribution < -0.4 is 10.2 Å². The monoisotopic (exact) mass is 563 g/mol. The number of hydrogen-bond donors (Lipinski definition) is 1. The second-order valence-corrected chi connectivity index (χ2v) is 12.8. The molecule has 2 fully saturated rings. The normalized spacial score (nSPS) is 25.1. The third-order valence-electron chi connectivity index (χ3n) is 9.00. The number of rotatable bonds is 6. The molecule has 0 aliphatic carbocycles. The van der Waals surface area contributed by atoms with E-state index in [1.54, 1.807) is 12.1 Å². The van der Waals surface area contributed by atoms with Crippen LogP contribution in [-0.4, -0.2) is 101 Å². The summed E-state index contributed by atoms with van der Waals surface area (Å²) in [5.41, 5.74) is 4.47. The summed E-state index contributed by atoms with van der Waals surface area (Å²) >= 11 is 0. The number of amides is 1. The largest absolute Gasteiger partial charge is 0.379 e. The van der Waals surface area contributed by atoms with Gasteiger partial charge in [-0.2, -0.15) is 0 Å². The summed E-state index contributed by atoms with van der Waals surface area (Å²) in [5, 5.41) is 12.6. The molecule has 2 aromatic heterocycles. The lowest BCUT2D eigenvalue weighted by Gasteiger charge is -2.43. The van der Waals surface area contributed by atoms with Crippen LogP contribution >= 0.6 is 0 Å². The maximum atomic E-state index is 14.2. The number of pyridine rings is 1. The van der Waals surface area contributed by atoms with E-state index >= 15 is 0 Å². The number of carbonyl (C=O) groups excluding carboxylic acids is 1. The number of nitrogens with one attached hydrogen (secondary N) is 1. The van der Waals surface area contributed by atoms with Crippen molar-refractivity contribution in [1.29, 1.82) is 0 Å². The number of aryl methyl sites for hydroxylation is 1. The molecule has 41 heavy (non-hydrogen) atoms. The van der Waals surface area contributed by atoms with Crippen molar-refractivity contribution in [2.75, 3.05) is 57.4 Å². The first-order valence-electron chi connectivity index (χ1n) is 14.8. The molecule has 0 saturated carbocycles. The number of carbonyl (C=O) groups is 1. The van der Waals surface area contributed by atoms with Gasteiger partial charge in [0.15, 0.2) is 5.65 Å². The van der Waals surface area contributed by atoms with Crippen LogP contribution in [0.2, 0.25) is 0 Å². The molecule has 1 N–H and O–H groups in total. The molecule has 3 aliphatic rings. The standard InChI is InChI=1S/C31H42FN7O2/c1-20-15-37(26(14-33-20)16-36-10-11-41-18-21(36)2)17-28(40)38-19-31(4,5)29-27(38)13-24(30-35-34-22(3)39(29)30)12-23-6-8-25(32)9-7-23/h6-9,13,20-21,26,33H,10-12,14-19H2,1-5H3/t20-,21-,26-/m1/s1. The first-order valence-corrected chi connectivity index (χ1v) is 14.8. The van der Waals surface area contributed by atoms with E-state index < -0.39 is 0 Å². The minimum atomic E-state index is -0.274. The highest BCUT2D eigenvalue weighted by molar-refractivity contribution is 5.98. The molecule has 0 unspecified atom stereocenters. The second-order valence-electron chi connectivity index (χ2n) is 12.8. The van der Waals surface area contributed by atoms with Gasteiger partial charge in [-0.25, -0.2) is 4.39 Å². The van der Waals surface area contributed by atoms with Crippen molar-refractivity contribution in [3.05, 3.63) is 58.8 Å². The van der Waals surface area contributed by atoms with Crippen molar-refractivity contribution in [3.63, 3.8) is 0 Å². The highest BCUT2D eigenvalue weighted by Crippen LogP contribution is 2.42. The van der Waals surface area contributed by atoms with E-state index in [0.717, 1.165) is 73.4 Å². The molecule has 3 atom stereocenters. The Hall–Kier alpha value is -2.92. The number of piperazine rings is 1. The predicted molar refractivity (Wildman–Crippen MR) is 157 cm³/mol. The van der Waals surface area contributed by atoms with E-state index in [2.05, 4.69) is 63.5 Å². The van der Waals surface area contributed by atoms with Crippen LogP contribution in [0.25, 0.3) is 5.65 Å². The zero-order chi connectivity index (χ0) is 28.9. The number of ether oxygens (including phenoxy) is 1. The Balaban J connectivity index is 1.30. The van der Waals surface area contributed by atoms with Gasteiger partial charge in [0.05, 0.1) is 31.1 Å². The number of fused-ring (bicyclic) bond motifs is 3. The molecular formula is C31H42FN7O2. The van der Waals surface area contributed by atoms with Gasteiger partial charge in [0.2, 0.25) is 5.91 Å². The van der Waals surface area contributed by atoms with Gasteiger partial charge in [0, 0.05) is 68.2 Å². The summed E-state index contributed by atoms with van der Waals surface area (Å²) in [6.07, 6.45) is 0.576. The summed E-state index contributed by atoms with van der Waals surface area (Å²) in [6.45, 7) is 16.8. The summed E-state index contributed by atoms with van der Waals surface area (Å²) in [7, 11) is 0. The van der Waals surface area contributed by atoms with E-state index in [1.165, 1.54) is 12.1 Å². The van der Waals surface area contributed by atoms with Crippen LogP contribution in [0, 0.1) is 12.7 Å². The Bertz CT molecular complexity index is 1420. The number of hydrogen-bond acceptors (Lipinski definition) is 7. The molecular weight excluding hydrogens is 521 g/mol. The summed E-state index contributed by atoms with van der Waals surface area (Å²) < 4.78 is 21.4. The molecule has 3 aromatic rings. The van der Waals surface area contributed by atoms with Gasteiger partial charge in [-0.15, -0.1) is 10.2 Å². The van der Waals surface area contributed by atoms with Gasteiger partial charge < -0.3 is 15.0 Å². The topological polar surface area (TPSA) is 78.2 Å². The van der Waals surface area contributed by atoms with Crippen LogP contribution in [0.4, 0.5) is 10.1 Å². The summed E-state index contributed by atoms with van der Waals surface area (Å²) in [6, 6.07) is 9.63. The molecule has 2 saturated heterocycles. The van der Waals surface area contributed by atoms with Gasteiger partial charge in [0.25, 0.3) is 0 Å². The lowest BCUT2D eigenvalue weighted by Crippen LogP contribution is -2.62. The van der Waals surface area contributed by atoms with E-state index in [4.69, 9.17) is 4.74 Å². The molecule has 1 aromatic carbocycles. The minimum absolute atomic E-state index is 0.115. The van der Waals surface area contributed by atoms with Gasteiger partial charge in [-0.05, 0) is 44.5 Å². The molecule has 0 radical (unpaired) electrons. The zero-order valence-corrected chi connectivity index (χ0v) is 24.9. The van der Waals surface area contributed by atoms with Crippen LogP contribution in [-0.2, 0) is 21.4 Å². The maximum absolute atomic E-state index is 14.2. The van der Waals surface area contributed by atoms with E-state index in [9.17, 15) is 9.18 Å². The molecule has 10 heteroatoms. The molecule has 5 heterocycles. The summed E-state index contributed by atoms with van der Waals surface area (Å²) in [4.78, 5) is 21.0. The number of nitrogens with zero attached hydrogens (tertiary/aromatic N) is 6. The minimum Gasteiger partial charge on any atom is -0.379 e. The van der Waals surface area contributed by atoms with Crippen LogP contribution in [0.3, 0.4) is 0 Å². The Morgan fingerprint density at radius 1 is 1.17 bits per heavy atom. The number of anilines is 1. The smallest absolute Gasteiger partial charge is 0.241 e. The van der Waals surface area contributed by atoms with Crippen molar-refractivity contribution in [3.8, 4) is 0 Å². The third-order valence-corrected chi connectivity index (χ3v) is 9.00. The van der Waals surface area contributed by atoms with Gasteiger partial charge in [-0.3, -0.25) is 19.0 Å². The van der Waals surface area contributed by atoms with Crippen molar-refractivity contribution in [2.45, 2.75) is 64.6 Å². The van der Waals surface area contributed by atoms with E-state index in [1.807, 2.05) is 11.8 Å². The van der Waals surface area contributed by atoms with E-state index in [-0.39, 0.29) is 23.2 Å². The highest BCUT2D eigenvalue weighted by Gasteiger charge is 2.42. The van der Waals surface area contributed by atoms with Crippen LogP contribution in [0.1, 0.15) is 50.3 Å². The first-order chi connectivity index (χ1) is 19.6. The average molecular weight is 564 g/mol. The summed E-state index contributed by atoms with van der Waals surface area (Å²) in [5.74, 6) is 0.660. The Kier molecular flexibility index (Phi) is 7.61. The number of aromatic nitrogens is 3. The molecule has 9 nitrogen and oxygen atoms in total. The van der Waals surface area contributed by atoms with Gasteiger partial charge in [-0.1, -0.05) is 26.0 Å². The molecule has 0 bridgehead atoms. The van der Waals surface area contributed by atoms with E-state index in [0.29, 0.717) is 31.6 Å². The van der Waals surface area contributed by atoms with Crippen molar-refractivity contribution >= 4 is 17.2 Å². The zero-order valence-electron chi connectivity index (χ0n) is 24.9. The Labute approximate surface area is 241 Å². The molecule has 220 valence electrons. The second kappa shape index (κ2) is 11.1. The fraction of sp³-hybridized carbons (Fsp3) is 0.581. The van der Waals surface area contributed by atoms with Gasteiger partial charge >= 0.3 is 0 Å². The average Bonchev–Trinajstić information content (AvgIpc) is 3.44.